The van der Waals surface area contributed by atoms with Gasteiger partial charge in [0.05, 0.1) is 19.7 Å². The van der Waals surface area contributed by atoms with Crippen LogP contribution in [0.15, 0.2) is 72.8 Å². The molecule has 4 rings (SSSR count). The lowest BCUT2D eigenvalue weighted by Gasteiger charge is -2.14. The number of rotatable bonds is 7. The molecule has 3 aromatic carbocycles. The van der Waals surface area contributed by atoms with Crippen LogP contribution in [0.1, 0.15) is 17.0 Å². The largest absolute Gasteiger partial charge is 0.497 e. The summed E-state index contributed by atoms with van der Waals surface area (Å²) in [6.45, 7) is 0.582. The number of methoxy groups -OCH3 is 2. The van der Waals surface area contributed by atoms with Crippen molar-refractivity contribution in [3.63, 3.8) is 0 Å². The zero-order valence-corrected chi connectivity index (χ0v) is 16.6. The molecule has 0 atom stereocenters. The minimum atomic E-state index is 0.582. The fourth-order valence-electron chi connectivity index (χ4n) is 3.29. The van der Waals surface area contributed by atoms with Crippen LogP contribution >= 0.6 is 0 Å². The predicted octanol–water partition coefficient (Wildman–Crippen LogP) is 4.85. The number of fused-ring (bicyclic) bond motifs is 1. The van der Waals surface area contributed by atoms with Crippen LogP contribution in [0, 0.1) is 0 Å². The Balaban J connectivity index is 1.64. The van der Waals surface area contributed by atoms with E-state index >= 15 is 0 Å². The first-order valence-electron chi connectivity index (χ1n) is 9.51. The van der Waals surface area contributed by atoms with E-state index in [4.69, 9.17) is 19.4 Å². The Morgan fingerprint density at radius 3 is 2.41 bits per heavy atom. The summed E-state index contributed by atoms with van der Waals surface area (Å²) in [5.41, 5.74) is 3.14. The van der Waals surface area contributed by atoms with Gasteiger partial charge in [-0.25, -0.2) is 9.97 Å². The summed E-state index contributed by atoms with van der Waals surface area (Å²) in [5.74, 6) is 3.15. The van der Waals surface area contributed by atoms with Gasteiger partial charge in [0.1, 0.15) is 23.1 Å². The van der Waals surface area contributed by atoms with Crippen LogP contribution in [-0.4, -0.2) is 24.2 Å². The molecule has 0 amide bonds. The summed E-state index contributed by atoms with van der Waals surface area (Å²) in [7, 11) is 3.31. The second kappa shape index (κ2) is 8.61. The fourth-order valence-corrected chi connectivity index (χ4v) is 3.29. The summed E-state index contributed by atoms with van der Waals surface area (Å²) in [6.07, 6.45) is 0.687. The molecule has 1 N–H and O–H groups in total. The maximum absolute atomic E-state index is 5.51. The molecule has 0 spiro atoms. The number of aromatic nitrogens is 2. The van der Waals surface area contributed by atoms with Crippen LogP contribution < -0.4 is 14.8 Å². The molecule has 0 saturated carbocycles. The number of hydrogen-bond acceptors (Lipinski definition) is 5. The lowest BCUT2D eigenvalue weighted by Crippen LogP contribution is -2.07. The second-order valence-corrected chi connectivity index (χ2v) is 6.70. The van der Waals surface area contributed by atoms with Gasteiger partial charge in [-0.3, -0.25) is 0 Å². The summed E-state index contributed by atoms with van der Waals surface area (Å²) >= 11 is 0. The lowest BCUT2D eigenvalue weighted by molar-refractivity contribution is 0.391. The van der Waals surface area contributed by atoms with Gasteiger partial charge in [-0.2, -0.15) is 0 Å². The van der Waals surface area contributed by atoms with E-state index in [9.17, 15) is 0 Å². The molecule has 0 saturated heterocycles. The Morgan fingerprint density at radius 1 is 0.828 bits per heavy atom. The minimum absolute atomic E-state index is 0.582. The third-order valence-electron chi connectivity index (χ3n) is 4.80. The minimum Gasteiger partial charge on any atom is -0.497 e. The Morgan fingerprint density at radius 2 is 1.62 bits per heavy atom. The average Bonchev–Trinajstić information content (AvgIpc) is 2.78. The van der Waals surface area contributed by atoms with E-state index in [0.717, 1.165) is 39.6 Å². The molecule has 0 bridgehead atoms. The normalized spacial score (nSPS) is 10.7. The number of benzene rings is 3. The average molecular weight is 385 g/mol. The van der Waals surface area contributed by atoms with Crippen molar-refractivity contribution < 1.29 is 9.47 Å². The maximum Gasteiger partial charge on any atom is 0.137 e. The van der Waals surface area contributed by atoms with Gasteiger partial charge in [0, 0.05) is 30.0 Å². The van der Waals surface area contributed by atoms with E-state index < -0.39 is 0 Å². The highest BCUT2D eigenvalue weighted by Gasteiger charge is 2.10. The van der Waals surface area contributed by atoms with E-state index in [2.05, 4.69) is 17.4 Å². The standard InChI is InChI=1S/C24H23N3O2/c1-28-19-13-12-18(22(15-19)29-2)16-25-24-20-10-6-7-11-21(20)26-23(27-24)14-17-8-4-3-5-9-17/h3-13,15H,14,16H2,1-2H3,(H,25,26,27). The highest BCUT2D eigenvalue weighted by atomic mass is 16.5. The zero-order chi connectivity index (χ0) is 20.1. The lowest BCUT2D eigenvalue weighted by atomic mass is 10.1. The molecule has 0 aliphatic rings. The summed E-state index contributed by atoms with van der Waals surface area (Å²) in [6, 6.07) is 24.1. The third-order valence-corrected chi connectivity index (χ3v) is 4.80. The Hall–Kier alpha value is -3.60. The molecule has 0 fully saturated rings. The number of para-hydroxylation sites is 1. The molecule has 0 radical (unpaired) electrons. The van der Waals surface area contributed by atoms with Crippen molar-refractivity contribution >= 4 is 16.7 Å². The SMILES string of the molecule is COc1ccc(CNc2nc(Cc3ccccc3)nc3ccccc23)c(OC)c1. The van der Waals surface area contributed by atoms with Crippen molar-refractivity contribution in [1.29, 1.82) is 0 Å². The zero-order valence-electron chi connectivity index (χ0n) is 16.6. The molecular formula is C24H23N3O2. The molecule has 0 unspecified atom stereocenters. The van der Waals surface area contributed by atoms with Gasteiger partial charge in [-0.15, -0.1) is 0 Å². The van der Waals surface area contributed by atoms with Crippen molar-refractivity contribution in [2.24, 2.45) is 0 Å². The first kappa shape index (κ1) is 18.7. The number of nitrogens with zero attached hydrogens (tertiary/aromatic N) is 2. The van der Waals surface area contributed by atoms with Gasteiger partial charge in [0.25, 0.3) is 0 Å². The van der Waals surface area contributed by atoms with E-state index in [-0.39, 0.29) is 0 Å². The van der Waals surface area contributed by atoms with Crippen molar-refractivity contribution in [3.05, 3.63) is 89.7 Å². The number of ether oxygens (including phenoxy) is 2. The molecule has 29 heavy (non-hydrogen) atoms. The van der Waals surface area contributed by atoms with E-state index in [0.29, 0.717) is 13.0 Å². The molecule has 1 heterocycles. The first-order chi connectivity index (χ1) is 14.3. The molecule has 1 aromatic heterocycles. The Bertz CT molecular complexity index is 1110. The highest BCUT2D eigenvalue weighted by molar-refractivity contribution is 5.89. The smallest absolute Gasteiger partial charge is 0.137 e. The van der Waals surface area contributed by atoms with Gasteiger partial charge in [-0.1, -0.05) is 42.5 Å². The maximum atomic E-state index is 5.51. The number of anilines is 1. The van der Waals surface area contributed by atoms with Crippen molar-refractivity contribution in [3.8, 4) is 11.5 Å². The van der Waals surface area contributed by atoms with Gasteiger partial charge in [-0.05, 0) is 29.8 Å². The quantitative estimate of drug-likeness (QED) is 0.493. The monoisotopic (exact) mass is 385 g/mol. The molecule has 146 valence electrons. The van der Waals surface area contributed by atoms with E-state index in [1.165, 1.54) is 5.56 Å². The third kappa shape index (κ3) is 4.29. The predicted molar refractivity (Wildman–Crippen MR) is 116 cm³/mol. The summed E-state index contributed by atoms with van der Waals surface area (Å²) in [4.78, 5) is 9.56. The Kier molecular flexibility index (Phi) is 5.56. The highest BCUT2D eigenvalue weighted by Crippen LogP contribution is 2.27. The summed E-state index contributed by atoms with van der Waals surface area (Å²) in [5, 5.41) is 4.47. The molecule has 0 aliphatic heterocycles. The van der Waals surface area contributed by atoms with Gasteiger partial charge < -0.3 is 14.8 Å². The van der Waals surface area contributed by atoms with Crippen LogP contribution in [0.25, 0.3) is 10.9 Å². The van der Waals surface area contributed by atoms with Crippen LogP contribution in [0.2, 0.25) is 0 Å². The van der Waals surface area contributed by atoms with Crippen LogP contribution in [0.3, 0.4) is 0 Å². The van der Waals surface area contributed by atoms with E-state index in [1.54, 1.807) is 14.2 Å². The van der Waals surface area contributed by atoms with Crippen molar-refractivity contribution in [2.75, 3.05) is 19.5 Å². The van der Waals surface area contributed by atoms with Crippen LogP contribution in [0.5, 0.6) is 11.5 Å². The molecule has 5 heteroatoms. The fraction of sp³-hybridized carbons (Fsp3) is 0.167. The van der Waals surface area contributed by atoms with Crippen molar-refractivity contribution in [1.82, 2.24) is 9.97 Å². The molecule has 5 nitrogen and oxygen atoms in total. The molecular weight excluding hydrogens is 362 g/mol. The topological polar surface area (TPSA) is 56.3 Å². The van der Waals surface area contributed by atoms with Crippen molar-refractivity contribution in [2.45, 2.75) is 13.0 Å². The Labute approximate surface area is 170 Å². The molecule has 0 aliphatic carbocycles. The van der Waals surface area contributed by atoms with Gasteiger partial charge in [0.15, 0.2) is 0 Å². The van der Waals surface area contributed by atoms with Gasteiger partial charge >= 0.3 is 0 Å². The number of nitrogens with one attached hydrogen (secondary N) is 1. The molecule has 4 aromatic rings. The van der Waals surface area contributed by atoms with E-state index in [1.807, 2.05) is 60.7 Å². The van der Waals surface area contributed by atoms with Gasteiger partial charge in [0.2, 0.25) is 0 Å². The first-order valence-corrected chi connectivity index (χ1v) is 9.51. The van der Waals surface area contributed by atoms with Crippen LogP contribution in [-0.2, 0) is 13.0 Å². The second-order valence-electron chi connectivity index (χ2n) is 6.70. The summed E-state index contributed by atoms with van der Waals surface area (Å²) < 4.78 is 10.8. The van der Waals surface area contributed by atoms with Crippen LogP contribution in [0.4, 0.5) is 5.82 Å². The number of hydrogen-bond donors (Lipinski definition) is 1.